The largest absolute Gasteiger partial charge is 0.480 e. The molecule has 2 rings (SSSR count). The second kappa shape index (κ2) is 6.72. The van der Waals surface area contributed by atoms with Gasteiger partial charge in [0.1, 0.15) is 15.8 Å². The summed E-state index contributed by atoms with van der Waals surface area (Å²) in [5.74, 6) is -1.38. The van der Waals surface area contributed by atoms with Crippen LogP contribution in [0.3, 0.4) is 0 Å². The van der Waals surface area contributed by atoms with Crippen molar-refractivity contribution in [2.75, 3.05) is 6.54 Å². The molecule has 0 aliphatic carbocycles. The van der Waals surface area contributed by atoms with Crippen LogP contribution < -0.4 is 0 Å². The highest BCUT2D eigenvalue weighted by molar-refractivity contribution is 8.26. The number of benzene rings is 1. The number of aliphatic carboxylic acids is 1. The highest BCUT2D eigenvalue weighted by atomic mass is 32.2. The quantitative estimate of drug-likeness (QED) is 0.525. The van der Waals surface area contributed by atoms with Crippen LogP contribution >= 0.6 is 24.0 Å². The molecule has 4 nitrogen and oxygen atoms in total. The van der Waals surface area contributed by atoms with Gasteiger partial charge in [-0.25, -0.2) is 0 Å². The molecule has 1 unspecified atom stereocenters. The summed E-state index contributed by atoms with van der Waals surface area (Å²) in [6.45, 7) is 1.59. The van der Waals surface area contributed by atoms with Crippen molar-refractivity contribution < 1.29 is 14.7 Å². The fourth-order valence-electron chi connectivity index (χ4n) is 1.81. The molecule has 6 heteroatoms. The molecule has 1 aromatic carbocycles. The molecule has 0 bridgehead atoms. The predicted molar refractivity (Wildman–Crippen MR) is 86.0 cm³/mol. The van der Waals surface area contributed by atoms with Crippen LogP contribution in [0, 0.1) is 0 Å². The molecule has 1 fully saturated rings. The van der Waals surface area contributed by atoms with Gasteiger partial charge in [-0.05, 0) is 23.4 Å². The van der Waals surface area contributed by atoms with Crippen molar-refractivity contribution in [1.82, 2.24) is 4.90 Å². The molecule has 1 saturated heterocycles. The molecule has 1 aliphatic rings. The van der Waals surface area contributed by atoms with Crippen LogP contribution in [0.5, 0.6) is 0 Å². The van der Waals surface area contributed by atoms with E-state index in [9.17, 15) is 9.59 Å². The van der Waals surface area contributed by atoms with Crippen molar-refractivity contribution in [3.05, 3.63) is 52.6 Å². The Balaban J connectivity index is 2.18. The fourth-order valence-corrected chi connectivity index (χ4v) is 2.96. The van der Waals surface area contributed by atoms with E-state index in [1.807, 2.05) is 37.3 Å². The molecule has 1 aliphatic heterocycles. The van der Waals surface area contributed by atoms with Gasteiger partial charge in [0.25, 0.3) is 5.91 Å². The Morgan fingerprint density at radius 3 is 2.76 bits per heavy atom. The van der Waals surface area contributed by atoms with Crippen LogP contribution in [0.4, 0.5) is 0 Å². The molecule has 0 saturated carbocycles. The van der Waals surface area contributed by atoms with Crippen molar-refractivity contribution >= 4 is 40.2 Å². The van der Waals surface area contributed by atoms with Crippen LogP contribution in [0.1, 0.15) is 18.4 Å². The second-order valence-corrected chi connectivity index (χ2v) is 6.14. The van der Waals surface area contributed by atoms with Crippen molar-refractivity contribution in [1.29, 1.82) is 0 Å². The minimum atomic E-state index is -1.09. The average molecular weight is 319 g/mol. The summed E-state index contributed by atoms with van der Waals surface area (Å²) in [7, 11) is 0. The molecule has 1 heterocycles. The maximum Gasteiger partial charge on any atom is 0.323 e. The molecule has 1 aromatic rings. The van der Waals surface area contributed by atoms with E-state index in [0.29, 0.717) is 4.91 Å². The van der Waals surface area contributed by atoms with Gasteiger partial charge in [-0.1, -0.05) is 49.5 Å². The maximum absolute atomic E-state index is 12.0. The van der Waals surface area contributed by atoms with Crippen molar-refractivity contribution in [2.24, 2.45) is 0 Å². The van der Waals surface area contributed by atoms with E-state index >= 15 is 0 Å². The van der Waals surface area contributed by atoms with E-state index in [1.165, 1.54) is 0 Å². The summed E-state index contributed by atoms with van der Waals surface area (Å²) in [5, 5.41) is 8.76. The molecule has 21 heavy (non-hydrogen) atoms. The number of nitrogens with zero attached hydrogens (tertiary/aromatic N) is 1. The van der Waals surface area contributed by atoms with Gasteiger partial charge in [-0.15, -0.1) is 5.73 Å². The number of carbonyl (C=O) groups is 2. The summed E-state index contributed by atoms with van der Waals surface area (Å²) >= 11 is 6.10. The third-order valence-electron chi connectivity index (χ3n) is 2.93. The Labute approximate surface area is 132 Å². The number of amides is 1. The topological polar surface area (TPSA) is 57.6 Å². The minimum Gasteiger partial charge on any atom is -0.480 e. The van der Waals surface area contributed by atoms with Gasteiger partial charge in [0, 0.05) is 5.92 Å². The van der Waals surface area contributed by atoms with Crippen LogP contribution in [0.15, 0.2) is 47.0 Å². The lowest BCUT2D eigenvalue weighted by Gasteiger charge is -2.09. The summed E-state index contributed by atoms with van der Waals surface area (Å²) in [6, 6.07) is 9.84. The third kappa shape index (κ3) is 3.82. The van der Waals surface area contributed by atoms with Crippen LogP contribution in [-0.4, -0.2) is 32.7 Å². The fraction of sp³-hybridized carbons (Fsp3) is 0.200. The highest BCUT2D eigenvalue weighted by Crippen LogP contribution is 2.30. The SMILES string of the molecule is CC(C=C=C1SC(=S)N(CC(=O)O)C1=O)c1ccccc1. The smallest absolute Gasteiger partial charge is 0.323 e. The van der Waals surface area contributed by atoms with E-state index in [1.54, 1.807) is 6.08 Å². The summed E-state index contributed by atoms with van der Waals surface area (Å²) in [5.41, 5.74) is 4.06. The number of thiocarbonyl (C=S) groups is 1. The van der Waals surface area contributed by atoms with Crippen molar-refractivity contribution in [2.45, 2.75) is 12.8 Å². The first-order valence-electron chi connectivity index (χ1n) is 6.26. The van der Waals surface area contributed by atoms with Crippen molar-refractivity contribution in [3.8, 4) is 0 Å². The molecular weight excluding hydrogens is 306 g/mol. The van der Waals surface area contributed by atoms with Gasteiger partial charge < -0.3 is 5.11 Å². The molecule has 108 valence electrons. The van der Waals surface area contributed by atoms with Crippen LogP contribution in [-0.2, 0) is 9.59 Å². The highest BCUT2D eigenvalue weighted by Gasteiger charge is 2.33. The number of carboxylic acids is 1. The molecule has 1 atom stereocenters. The minimum absolute atomic E-state index is 0.106. The molecule has 0 spiro atoms. The maximum atomic E-state index is 12.0. The molecule has 1 N–H and O–H groups in total. The lowest BCUT2D eigenvalue weighted by molar-refractivity contribution is -0.140. The van der Waals surface area contributed by atoms with Crippen molar-refractivity contribution in [3.63, 3.8) is 0 Å². The van der Waals surface area contributed by atoms with Gasteiger partial charge in [0.05, 0.1) is 0 Å². The Bertz CT molecular complexity index is 648. The molecule has 0 aromatic heterocycles. The van der Waals surface area contributed by atoms with Crippen LogP contribution in [0.25, 0.3) is 0 Å². The van der Waals surface area contributed by atoms with E-state index in [4.69, 9.17) is 17.3 Å². The van der Waals surface area contributed by atoms with Crippen LogP contribution in [0.2, 0.25) is 0 Å². The number of rotatable bonds is 4. The van der Waals surface area contributed by atoms with Gasteiger partial charge in [-0.2, -0.15) is 0 Å². The first-order chi connectivity index (χ1) is 9.99. The normalized spacial score (nSPS) is 15.9. The Morgan fingerprint density at radius 2 is 2.14 bits per heavy atom. The molecule has 1 amide bonds. The first-order valence-corrected chi connectivity index (χ1v) is 7.48. The Kier molecular flexibility index (Phi) is 4.96. The lowest BCUT2D eigenvalue weighted by atomic mass is 10.0. The van der Waals surface area contributed by atoms with E-state index in [2.05, 4.69) is 5.73 Å². The zero-order valence-corrected chi connectivity index (χ0v) is 12.9. The van der Waals surface area contributed by atoms with Gasteiger partial charge in [0.15, 0.2) is 0 Å². The van der Waals surface area contributed by atoms with E-state index in [-0.39, 0.29) is 10.2 Å². The summed E-state index contributed by atoms with van der Waals surface area (Å²) in [4.78, 5) is 24.2. The number of hydrogen-bond donors (Lipinski definition) is 1. The second-order valence-electron chi connectivity index (χ2n) is 4.49. The van der Waals surface area contributed by atoms with Gasteiger partial charge in [0.2, 0.25) is 0 Å². The van der Waals surface area contributed by atoms with E-state index < -0.39 is 18.4 Å². The Morgan fingerprint density at radius 1 is 1.48 bits per heavy atom. The summed E-state index contributed by atoms with van der Waals surface area (Å²) < 4.78 is 0.255. The average Bonchev–Trinajstić information content (AvgIpc) is 2.73. The monoisotopic (exact) mass is 319 g/mol. The van der Waals surface area contributed by atoms with E-state index in [0.717, 1.165) is 22.2 Å². The Hall–Kier alpha value is -1.88. The number of carbonyl (C=O) groups excluding carboxylic acids is 1. The first kappa shape index (κ1) is 15.5. The lowest BCUT2D eigenvalue weighted by Crippen LogP contribution is -2.33. The predicted octanol–water partition coefficient (Wildman–Crippen LogP) is 2.77. The number of carboxylic acid groups (broad SMARTS) is 1. The zero-order valence-electron chi connectivity index (χ0n) is 11.3. The third-order valence-corrected chi connectivity index (χ3v) is 4.29. The number of hydrogen-bond acceptors (Lipinski definition) is 4. The molecular formula is C15H13NO3S2. The van der Waals surface area contributed by atoms with Gasteiger partial charge in [-0.3, -0.25) is 14.5 Å². The standard InChI is InChI=1S/C15H13NO3S2/c1-10(11-5-3-2-4-6-11)7-8-12-14(19)16(9-13(17)18)15(20)21-12/h2-7,10H,9H2,1H3,(H,17,18). The number of thioether (sulfide) groups is 1. The summed E-state index contributed by atoms with van der Waals surface area (Å²) in [6.07, 6.45) is 1.79. The molecule has 0 radical (unpaired) electrons. The van der Waals surface area contributed by atoms with Gasteiger partial charge >= 0.3 is 5.97 Å². The zero-order chi connectivity index (χ0) is 15.4.